The van der Waals surface area contributed by atoms with Crippen molar-refractivity contribution in [3.8, 4) is 11.8 Å². The summed E-state index contributed by atoms with van der Waals surface area (Å²) in [7, 11) is -2.17. The Kier molecular flexibility index (Phi) is 23.9. The van der Waals surface area contributed by atoms with Crippen molar-refractivity contribution in [2.75, 3.05) is 34.1 Å². The number of hydrogen-bond acceptors (Lipinski definition) is 22. The number of carbonyl (C=O) groups excluding carboxylic acids is 2. The summed E-state index contributed by atoms with van der Waals surface area (Å²) in [5, 5.41) is 60.2. The molecule has 8 N–H and O–H groups in total. The van der Waals surface area contributed by atoms with Gasteiger partial charge in [-0.25, -0.2) is 0 Å². The zero-order chi connectivity index (χ0) is 39.7. The van der Waals surface area contributed by atoms with Crippen LogP contribution in [0.15, 0.2) is 42.7 Å². The summed E-state index contributed by atoms with van der Waals surface area (Å²) < 4.78 is 31.6. The van der Waals surface area contributed by atoms with Crippen molar-refractivity contribution in [2.24, 2.45) is 0 Å². The summed E-state index contributed by atoms with van der Waals surface area (Å²) in [4.78, 5) is 37.0. The molecule has 0 saturated heterocycles. The lowest BCUT2D eigenvalue weighted by Gasteiger charge is -2.21. The molecule has 4 rings (SSSR count). The normalized spacial score (nSPS) is 9.33. The highest BCUT2D eigenvalue weighted by Gasteiger charge is 2.30. The molecule has 0 aliphatic rings. The molecule has 296 valence electrons. The van der Waals surface area contributed by atoms with E-state index in [1.165, 1.54) is 92.0 Å². The van der Waals surface area contributed by atoms with Crippen LogP contribution in [0, 0.1) is 0 Å². The van der Waals surface area contributed by atoms with Crippen molar-refractivity contribution in [3.63, 3.8) is 0 Å². The van der Waals surface area contributed by atoms with E-state index in [9.17, 15) is 29.7 Å². The minimum Gasteiger partial charge on any atom is -0.479 e. The highest BCUT2D eigenvalue weighted by atomic mass is 16.5. The van der Waals surface area contributed by atoms with Crippen LogP contribution >= 0.6 is 0 Å². The predicted molar refractivity (Wildman–Crippen MR) is 208 cm³/mol. The maximum atomic E-state index is 11.0. The molecule has 0 saturated carbocycles. The smallest absolute Gasteiger partial charge is 0.410 e. The number of methoxy groups -OCH3 is 2. The Bertz CT molecular complexity index is 1600. The lowest BCUT2D eigenvalue weighted by atomic mass is 9.70. The Morgan fingerprint density at radius 2 is 0.907 bits per heavy atom. The van der Waals surface area contributed by atoms with E-state index >= 15 is 0 Å². The molecule has 0 unspecified atom stereocenters. The van der Waals surface area contributed by atoms with E-state index < -0.39 is 42.3 Å². The summed E-state index contributed by atoms with van der Waals surface area (Å²) in [5.74, 6) is 0.276. The first-order chi connectivity index (χ1) is 24.3. The number of ketones is 2. The largest absolute Gasteiger partial charge is 0.479 e. The van der Waals surface area contributed by atoms with Gasteiger partial charge < -0.3 is 77.2 Å². The Morgan fingerprint density at radius 3 is 1.24 bits per heavy atom. The minimum atomic E-state index is -0.955. The molecule has 0 aliphatic carbocycles. The Labute approximate surface area is 316 Å². The third-order valence-corrected chi connectivity index (χ3v) is 5.81. The van der Waals surface area contributed by atoms with Crippen LogP contribution in [0.25, 0.3) is 0 Å². The molecule has 4 heterocycles. The zero-order valence-electron chi connectivity index (χ0n) is 30.4. The molecule has 0 bridgehead atoms. The molecule has 0 aliphatic heterocycles. The zero-order valence-corrected chi connectivity index (χ0v) is 30.4. The van der Waals surface area contributed by atoms with E-state index in [2.05, 4.69) is 30.4 Å². The quantitative estimate of drug-likeness (QED) is 0.0666. The van der Waals surface area contributed by atoms with E-state index in [1.54, 1.807) is 6.82 Å². The number of oxazole rings is 4. The van der Waals surface area contributed by atoms with Crippen LogP contribution in [0.4, 0.5) is 24.1 Å². The van der Waals surface area contributed by atoms with E-state index in [0.717, 1.165) is 4.72 Å². The first kappa shape index (κ1) is 51.2. The molecule has 0 aromatic carbocycles. The second-order valence-corrected chi connectivity index (χ2v) is 10.5. The summed E-state index contributed by atoms with van der Waals surface area (Å²) in [6.45, 7) is 11.8. The number of hydrogen-bond donors (Lipinski definition) is 8. The highest BCUT2D eigenvalue weighted by molar-refractivity contribution is 6.75. The number of ether oxygens (including phenoxy) is 2. The van der Waals surface area contributed by atoms with Gasteiger partial charge in [0.15, 0.2) is 24.1 Å². The van der Waals surface area contributed by atoms with Crippen molar-refractivity contribution in [1.29, 1.82) is 0 Å². The molecule has 54 heavy (non-hydrogen) atoms. The number of aromatic nitrogens is 4. The van der Waals surface area contributed by atoms with Crippen molar-refractivity contribution in [3.05, 3.63) is 36.4 Å². The second kappa shape index (κ2) is 25.2. The first-order valence-corrected chi connectivity index (χ1v) is 15.4. The first-order valence-electron chi connectivity index (χ1n) is 15.4. The van der Waals surface area contributed by atoms with Crippen LogP contribution in [0.3, 0.4) is 0 Å². The predicted octanol–water partition coefficient (Wildman–Crippen LogP) is 1.49. The van der Waals surface area contributed by atoms with Gasteiger partial charge in [0.05, 0.1) is 14.2 Å². The van der Waals surface area contributed by atoms with Crippen LogP contribution in [-0.2, 0) is 0 Å². The summed E-state index contributed by atoms with van der Waals surface area (Å²) in [6, 6.07) is 0.532. The molecular weight excluding hydrogens is 713 g/mol. The van der Waals surface area contributed by atoms with E-state index in [1.807, 2.05) is 0 Å². The third-order valence-electron chi connectivity index (χ3n) is 5.81. The standard InChI is InChI=1S/C7H12B2N2O4.C6H12B2N2O4.C6H9BN2O3.C5H9BN2O3.2CH4/c1-5(12)6-4-15-7(10-6)11(8(2)13)9(3)14;1-7(11)10(8(2)12)6-9-5(13-3)4-14-6;1-4(10)5-3-12-6(8-5)9-7(2)11;1-6(9)8-5-7-4(10-2)3-11-5;;/h4,13-14H,1-3H3;4,11-12H,1-3H3;3,11H,1-2H3,(H,8,9);3,9H,1-2H3,(H,7,8);2*1H4. The second-order valence-electron chi connectivity index (χ2n) is 10.5. The van der Waals surface area contributed by atoms with Crippen LogP contribution in [-0.4, -0.2) is 118 Å². The van der Waals surface area contributed by atoms with Gasteiger partial charge in [0, 0.05) is 13.8 Å². The van der Waals surface area contributed by atoms with E-state index in [0.29, 0.717) is 11.8 Å². The van der Waals surface area contributed by atoms with Gasteiger partial charge in [-0.2, -0.15) is 19.9 Å². The van der Waals surface area contributed by atoms with Crippen LogP contribution in [0.2, 0.25) is 40.9 Å². The summed E-state index contributed by atoms with van der Waals surface area (Å²) in [5.41, 5.74) is 0.412. The van der Waals surface area contributed by atoms with E-state index in [4.69, 9.17) is 37.2 Å². The number of nitrogens with zero attached hydrogens (tertiary/aromatic N) is 6. The number of rotatable bonds is 14. The SMILES string of the molecule is C.C.CB(O)N(B(C)O)c1nc(C(C)=O)co1.CB(O)Nc1nc(C(C)=O)co1.COc1coc(N(B(C)O)B(C)O)n1.COc1coc(NB(C)O)n1. The van der Waals surface area contributed by atoms with Gasteiger partial charge in [-0.3, -0.25) is 9.59 Å². The van der Waals surface area contributed by atoms with Crippen LogP contribution in [0.1, 0.15) is 49.7 Å². The minimum absolute atomic E-state index is 0. The Balaban J connectivity index is 0. The molecule has 0 fully saturated rings. The Hall–Kier alpha value is -4.87. The Morgan fingerprint density at radius 1 is 0.574 bits per heavy atom. The van der Waals surface area contributed by atoms with Gasteiger partial charge in [-0.15, -0.1) is 0 Å². The molecule has 4 aromatic heterocycles. The van der Waals surface area contributed by atoms with Crippen molar-refractivity contribution >= 4 is 77.9 Å². The van der Waals surface area contributed by atoms with Gasteiger partial charge in [0.25, 0.3) is 35.8 Å². The molecular formula is C26H50B6N8O14. The van der Waals surface area contributed by atoms with Crippen molar-refractivity contribution in [2.45, 2.75) is 69.6 Å². The monoisotopic (exact) mass is 764 g/mol. The topological polar surface area (TPSA) is 309 Å². The highest BCUT2D eigenvalue weighted by Crippen LogP contribution is 2.19. The molecule has 0 radical (unpaired) electrons. The molecule has 4 aromatic rings. The molecule has 0 amide bonds. The van der Waals surface area contributed by atoms with Gasteiger partial charge in [-0.1, -0.05) is 14.9 Å². The van der Waals surface area contributed by atoms with Gasteiger partial charge >= 0.3 is 42.3 Å². The molecule has 22 nitrogen and oxygen atoms in total. The number of anilines is 4. The lowest BCUT2D eigenvalue weighted by Crippen LogP contribution is -2.47. The fourth-order valence-electron chi connectivity index (χ4n) is 3.55. The van der Waals surface area contributed by atoms with Crippen molar-refractivity contribution < 1.29 is 66.9 Å². The average Bonchev–Trinajstić information content (AvgIpc) is 3.85. The van der Waals surface area contributed by atoms with Gasteiger partial charge in [0.1, 0.15) is 23.9 Å². The fourth-order valence-corrected chi connectivity index (χ4v) is 3.55. The molecule has 0 atom stereocenters. The lowest BCUT2D eigenvalue weighted by molar-refractivity contribution is 0.100. The summed E-state index contributed by atoms with van der Waals surface area (Å²) >= 11 is 0. The number of nitrogens with one attached hydrogen (secondary N) is 2. The number of Topliss-reactive ketones (excluding diaryl/α,β-unsaturated/α-hetero) is 2. The third kappa shape index (κ3) is 17.8. The van der Waals surface area contributed by atoms with Crippen molar-refractivity contribution in [1.82, 2.24) is 19.9 Å². The maximum Gasteiger partial charge on any atom is 0.410 e. The summed E-state index contributed by atoms with van der Waals surface area (Å²) in [6.07, 6.45) is 5.08. The van der Waals surface area contributed by atoms with Gasteiger partial charge in [0.2, 0.25) is 0 Å². The number of carbonyl (C=O) groups is 2. The van der Waals surface area contributed by atoms with Crippen LogP contribution < -0.4 is 29.4 Å². The van der Waals surface area contributed by atoms with Gasteiger partial charge in [-0.05, 0) is 40.9 Å². The van der Waals surface area contributed by atoms with E-state index in [-0.39, 0.29) is 61.9 Å². The fraction of sp³-hybridized carbons (Fsp3) is 0.462. The molecule has 0 spiro atoms. The van der Waals surface area contributed by atoms with Crippen LogP contribution in [0.5, 0.6) is 11.8 Å². The molecule has 28 heteroatoms. The maximum absolute atomic E-state index is 11.0. The average molecular weight is 764 g/mol.